The average Bonchev–Trinajstić information content (AvgIpc) is 3.52. The van der Waals surface area contributed by atoms with Crippen LogP contribution in [0.3, 0.4) is 0 Å². The number of aliphatic imine (C=N–C) groups is 1. The maximum atomic E-state index is 12.8. The van der Waals surface area contributed by atoms with Gasteiger partial charge in [-0.3, -0.25) is 19.5 Å². The van der Waals surface area contributed by atoms with Gasteiger partial charge >= 0.3 is 0 Å². The molecule has 2 heterocycles. The number of benzene rings is 1. The Balaban J connectivity index is 1.08. The molecular formula is C24H31N5O3. The number of nitrogens with one attached hydrogen (secondary N) is 2. The summed E-state index contributed by atoms with van der Waals surface area (Å²) in [5.74, 6) is 0.907. The van der Waals surface area contributed by atoms with Crippen LogP contribution in [0.4, 0.5) is 5.69 Å². The Hall–Kier alpha value is -2.87. The summed E-state index contributed by atoms with van der Waals surface area (Å²) in [5, 5.41) is 6.53. The second kappa shape index (κ2) is 8.94. The Morgan fingerprint density at radius 2 is 1.69 bits per heavy atom. The van der Waals surface area contributed by atoms with E-state index >= 15 is 0 Å². The zero-order chi connectivity index (χ0) is 22.1. The number of imide groups is 1. The zero-order valence-electron chi connectivity index (χ0n) is 18.5. The average molecular weight is 438 g/mol. The molecule has 3 fully saturated rings. The number of ether oxygens (including phenoxy) is 1. The summed E-state index contributed by atoms with van der Waals surface area (Å²) in [6.45, 7) is 4.90. The van der Waals surface area contributed by atoms with Crippen LogP contribution in [0.1, 0.15) is 12.0 Å². The van der Waals surface area contributed by atoms with Crippen LogP contribution in [-0.4, -0.2) is 69.1 Å². The first kappa shape index (κ1) is 21.0. The summed E-state index contributed by atoms with van der Waals surface area (Å²) in [6.07, 6.45) is 5.21. The fraction of sp³-hybridized carbons (Fsp3) is 0.542. The van der Waals surface area contributed by atoms with Crippen molar-refractivity contribution in [1.82, 2.24) is 15.5 Å². The van der Waals surface area contributed by atoms with E-state index in [9.17, 15) is 9.59 Å². The third kappa shape index (κ3) is 3.88. The normalized spacial score (nSPS) is 29.1. The number of rotatable bonds is 6. The van der Waals surface area contributed by atoms with E-state index in [-0.39, 0.29) is 35.5 Å². The van der Waals surface area contributed by atoms with Gasteiger partial charge in [0.1, 0.15) is 0 Å². The highest BCUT2D eigenvalue weighted by molar-refractivity contribution is 6.06. The molecule has 1 aromatic carbocycles. The quantitative estimate of drug-likeness (QED) is 0.299. The molecule has 8 nitrogen and oxygen atoms in total. The van der Waals surface area contributed by atoms with E-state index in [1.807, 2.05) is 0 Å². The van der Waals surface area contributed by atoms with Crippen LogP contribution < -0.4 is 15.5 Å². The van der Waals surface area contributed by atoms with Crippen molar-refractivity contribution >= 4 is 23.5 Å². The Labute approximate surface area is 188 Å². The maximum absolute atomic E-state index is 12.8. The highest BCUT2D eigenvalue weighted by Crippen LogP contribution is 2.52. The topological polar surface area (TPSA) is 86.3 Å². The van der Waals surface area contributed by atoms with Crippen LogP contribution in [0, 0.1) is 23.7 Å². The molecule has 8 heteroatoms. The minimum Gasteiger partial charge on any atom is -0.378 e. The number of fused-ring (bicyclic) bond motifs is 5. The number of anilines is 1. The molecule has 0 aromatic heterocycles. The molecule has 4 unspecified atom stereocenters. The molecule has 0 radical (unpaired) electrons. The second-order valence-corrected chi connectivity index (χ2v) is 8.95. The number of allylic oxidation sites excluding steroid dienone is 2. The van der Waals surface area contributed by atoms with Crippen LogP contribution in [0.25, 0.3) is 0 Å². The van der Waals surface area contributed by atoms with Gasteiger partial charge in [-0.1, -0.05) is 24.3 Å². The molecule has 2 bridgehead atoms. The highest BCUT2D eigenvalue weighted by Gasteiger charge is 2.58. The van der Waals surface area contributed by atoms with Gasteiger partial charge in [0.25, 0.3) is 0 Å². The van der Waals surface area contributed by atoms with Gasteiger partial charge in [-0.25, -0.2) is 0 Å². The summed E-state index contributed by atoms with van der Waals surface area (Å²) < 4.78 is 5.41. The first-order valence-corrected chi connectivity index (χ1v) is 11.6. The van der Waals surface area contributed by atoms with E-state index < -0.39 is 0 Å². The van der Waals surface area contributed by atoms with Gasteiger partial charge < -0.3 is 20.3 Å². The molecule has 4 atom stereocenters. The number of guanidine groups is 1. The van der Waals surface area contributed by atoms with Crippen molar-refractivity contribution in [3.8, 4) is 0 Å². The van der Waals surface area contributed by atoms with Crippen molar-refractivity contribution in [1.29, 1.82) is 0 Å². The molecule has 2 aliphatic heterocycles. The second-order valence-electron chi connectivity index (χ2n) is 8.95. The molecule has 32 heavy (non-hydrogen) atoms. The summed E-state index contributed by atoms with van der Waals surface area (Å²) in [4.78, 5) is 33.6. The van der Waals surface area contributed by atoms with Gasteiger partial charge in [0.05, 0.1) is 25.0 Å². The Morgan fingerprint density at radius 1 is 1.03 bits per heavy atom. The lowest BCUT2D eigenvalue weighted by atomic mass is 9.85. The molecular weight excluding hydrogens is 406 g/mol. The number of likely N-dealkylation sites (tertiary alicyclic amines) is 1. The zero-order valence-corrected chi connectivity index (χ0v) is 18.5. The third-order valence-corrected chi connectivity index (χ3v) is 7.19. The summed E-state index contributed by atoms with van der Waals surface area (Å²) in [7, 11) is 1.72. The van der Waals surface area contributed by atoms with Crippen molar-refractivity contribution < 1.29 is 14.3 Å². The third-order valence-electron chi connectivity index (χ3n) is 7.19. The van der Waals surface area contributed by atoms with Gasteiger partial charge in [0.15, 0.2) is 5.96 Å². The van der Waals surface area contributed by atoms with Crippen LogP contribution in [0.5, 0.6) is 0 Å². The Bertz CT molecular complexity index is 892. The molecule has 2 aliphatic carbocycles. The largest absolute Gasteiger partial charge is 0.378 e. The van der Waals surface area contributed by atoms with Crippen LogP contribution in [0.2, 0.25) is 0 Å². The number of carbonyl (C=O) groups is 2. The minimum atomic E-state index is -0.129. The van der Waals surface area contributed by atoms with E-state index in [0.717, 1.165) is 38.3 Å². The van der Waals surface area contributed by atoms with Gasteiger partial charge in [-0.15, -0.1) is 0 Å². The number of hydrogen-bond acceptors (Lipinski definition) is 5. The van der Waals surface area contributed by atoms with Gasteiger partial charge in [-0.05, 0) is 36.0 Å². The first-order valence-electron chi connectivity index (χ1n) is 11.6. The SMILES string of the molecule is CN=C(NCCN1C(=O)C2C3C=CC(C3)C2C1=O)NCc1ccc(N2CCOCC2)cc1. The van der Waals surface area contributed by atoms with Crippen molar-refractivity contribution in [2.75, 3.05) is 51.3 Å². The fourth-order valence-corrected chi connectivity index (χ4v) is 5.52. The minimum absolute atomic E-state index is 0.00181. The maximum Gasteiger partial charge on any atom is 0.233 e. The van der Waals surface area contributed by atoms with Crippen LogP contribution in [-0.2, 0) is 20.9 Å². The highest BCUT2D eigenvalue weighted by atomic mass is 16.5. The monoisotopic (exact) mass is 437 g/mol. The van der Waals surface area contributed by atoms with Crippen LogP contribution in [0.15, 0.2) is 41.4 Å². The molecule has 1 aromatic rings. The van der Waals surface area contributed by atoms with E-state index in [1.165, 1.54) is 10.6 Å². The molecule has 2 amide bonds. The van der Waals surface area contributed by atoms with Gasteiger partial charge in [0, 0.05) is 45.5 Å². The van der Waals surface area contributed by atoms with E-state index in [2.05, 4.69) is 56.9 Å². The number of carbonyl (C=O) groups excluding carboxylic acids is 2. The molecule has 1 saturated carbocycles. The molecule has 170 valence electrons. The van der Waals surface area contributed by atoms with Crippen molar-refractivity contribution in [2.45, 2.75) is 13.0 Å². The summed E-state index contributed by atoms with van der Waals surface area (Å²) >= 11 is 0. The van der Waals surface area contributed by atoms with E-state index in [1.54, 1.807) is 7.05 Å². The predicted molar refractivity (Wildman–Crippen MR) is 122 cm³/mol. The number of morpholine rings is 1. The number of hydrogen-bond donors (Lipinski definition) is 2. The number of amides is 2. The Kier molecular flexibility index (Phi) is 5.87. The predicted octanol–water partition coefficient (Wildman–Crippen LogP) is 0.995. The van der Waals surface area contributed by atoms with Crippen molar-refractivity contribution in [3.63, 3.8) is 0 Å². The smallest absolute Gasteiger partial charge is 0.233 e. The summed E-state index contributed by atoms with van der Waals surface area (Å²) in [6, 6.07) is 8.52. The standard InChI is InChI=1S/C24H31N5O3/c1-25-24(27-15-16-2-6-19(7-3-16)28-10-12-32-13-11-28)26-8-9-29-22(30)20-17-4-5-18(14-17)21(20)23(29)31/h2-7,17-18,20-21H,8-15H2,1H3,(H2,25,26,27). The molecule has 5 rings (SSSR count). The van der Waals surface area contributed by atoms with Gasteiger partial charge in [0.2, 0.25) is 11.8 Å². The van der Waals surface area contributed by atoms with Gasteiger partial charge in [-0.2, -0.15) is 0 Å². The number of nitrogens with zero attached hydrogens (tertiary/aromatic N) is 3. The molecule has 2 saturated heterocycles. The lowest BCUT2D eigenvalue weighted by molar-refractivity contribution is -0.140. The van der Waals surface area contributed by atoms with Crippen molar-refractivity contribution in [3.05, 3.63) is 42.0 Å². The van der Waals surface area contributed by atoms with E-state index in [4.69, 9.17) is 4.74 Å². The van der Waals surface area contributed by atoms with E-state index in [0.29, 0.717) is 25.6 Å². The molecule has 2 N–H and O–H groups in total. The first-order chi connectivity index (χ1) is 15.7. The lowest BCUT2D eigenvalue weighted by Gasteiger charge is -2.29. The van der Waals surface area contributed by atoms with Crippen molar-refractivity contribution in [2.24, 2.45) is 28.7 Å². The lowest BCUT2D eigenvalue weighted by Crippen LogP contribution is -2.43. The molecule has 4 aliphatic rings. The summed E-state index contributed by atoms with van der Waals surface area (Å²) in [5.41, 5.74) is 2.37. The Morgan fingerprint density at radius 3 is 2.31 bits per heavy atom. The van der Waals surface area contributed by atoms with Crippen LogP contribution >= 0.6 is 0 Å². The fourth-order valence-electron chi connectivity index (χ4n) is 5.52. The molecule has 0 spiro atoms.